The van der Waals surface area contributed by atoms with Crippen molar-refractivity contribution in [3.05, 3.63) is 35.7 Å². The van der Waals surface area contributed by atoms with Gasteiger partial charge in [0.25, 0.3) is 0 Å². The Hall–Kier alpha value is -2.41. The number of hydrogen-bond acceptors (Lipinski definition) is 7. The minimum absolute atomic E-state index is 0.269. The number of nitrogen functional groups attached to an aromatic ring is 1. The van der Waals surface area contributed by atoms with Crippen LogP contribution in [0.25, 0.3) is 0 Å². The summed E-state index contributed by atoms with van der Waals surface area (Å²) in [4.78, 5) is 17.2. The number of likely N-dealkylation sites (tertiary alicyclic amines) is 1. The molecule has 2 N–H and O–H groups in total. The molecule has 1 atom stereocenters. The first-order valence-electron chi connectivity index (χ1n) is 8.71. The topological polar surface area (TPSA) is 80.4 Å². The normalized spacial score (nSPS) is 17.6. The highest BCUT2D eigenvalue weighted by Crippen LogP contribution is 2.33. The number of aromatic nitrogens is 3. The van der Waals surface area contributed by atoms with E-state index in [4.69, 9.17) is 10.5 Å². The molecular formula is C18H26N6O. The van der Waals surface area contributed by atoms with Crippen LogP contribution in [-0.2, 0) is 6.54 Å². The molecule has 134 valence electrons. The van der Waals surface area contributed by atoms with Gasteiger partial charge in [0, 0.05) is 20.1 Å². The van der Waals surface area contributed by atoms with Crippen LogP contribution < -0.4 is 15.4 Å². The molecule has 7 nitrogen and oxygen atoms in total. The Balaban J connectivity index is 1.75. The molecule has 0 amide bonds. The van der Waals surface area contributed by atoms with E-state index in [2.05, 4.69) is 32.0 Å². The van der Waals surface area contributed by atoms with Crippen LogP contribution in [0.5, 0.6) is 5.75 Å². The third-order valence-electron chi connectivity index (χ3n) is 4.37. The minimum atomic E-state index is 0.269. The van der Waals surface area contributed by atoms with Crippen LogP contribution in [0.2, 0.25) is 0 Å². The smallest absolute Gasteiger partial charge is 0.229 e. The van der Waals surface area contributed by atoms with Crippen LogP contribution in [0.1, 0.15) is 37.2 Å². The Morgan fingerprint density at radius 2 is 1.96 bits per heavy atom. The Kier molecular flexibility index (Phi) is 5.33. The lowest BCUT2D eigenvalue weighted by atomic mass is 10.0. The fourth-order valence-corrected chi connectivity index (χ4v) is 3.22. The fourth-order valence-electron chi connectivity index (χ4n) is 3.22. The summed E-state index contributed by atoms with van der Waals surface area (Å²) in [7, 11) is 3.80. The SMILES string of the molecule is CCOc1ccc(C2CCCN2Cc2nc(N)nc(N(C)C)n2)cc1. The van der Waals surface area contributed by atoms with Gasteiger partial charge in [-0.3, -0.25) is 4.90 Å². The molecule has 2 heterocycles. The van der Waals surface area contributed by atoms with Crippen molar-refractivity contribution in [2.75, 3.05) is 37.9 Å². The average molecular weight is 342 g/mol. The van der Waals surface area contributed by atoms with Crippen LogP contribution in [0, 0.1) is 0 Å². The predicted octanol–water partition coefficient (Wildman–Crippen LogP) is 2.26. The monoisotopic (exact) mass is 342 g/mol. The average Bonchev–Trinajstić information content (AvgIpc) is 3.03. The van der Waals surface area contributed by atoms with Crippen molar-refractivity contribution in [2.45, 2.75) is 32.4 Å². The van der Waals surface area contributed by atoms with Crippen molar-refractivity contribution in [2.24, 2.45) is 0 Å². The number of hydrogen-bond donors (Lipinski definition) is 1. The number of benzene rings is 1. The maximum Gasteiger partial charge on any atom is 0.229 e. The van der Waals surface area contributed by atoms with E-state index < -0.39 is 0 Å². The maximum absolute atomic E-state index is 5.84. The second-order valence-electron chi connectivity index (χ2n) is 6.43. The summed E-state index contributed by atoms with van der Waals surface area (Å²) in [5.74, 6) is 2.50. The summed E-state index contributed by atoms with van der Waals surface area (Å²) < 4.78 is 5.54. The Morgan fingerprint density at radius 3 is 2.64 bits per heavy atom. The summed E-state index contributed by atoms with van der Waals surface area (Å²) in [5, 5.41) is 0. The second-order valence-corrected chi connectivity index (χ2v) is 6.43. The Labute approximate surface area is 148 Å². The van der Waals surface area contributed by atoms with Gasteiger partial charge in [-0.15, -0.1) is 0 Å². The number of nitrogens with zero attached hydrogens (tertiary/aromatic N) is 5. The van der Waals surface area contributed by atoms with E-state index in [1.54, 1.807) is 0 Å². The molecule has 0 saturated carbocycles. The molecule has 1 aromatic heterocycles. The van der Waals surface area contributed by atoms with Gasteiger partial charge in [-0.05, 0) is 44.0 Å². The highest BCUT2D eigenvalue weighted by atomic mass is 16.5. The van der Waals surface area contributed by atoms with E-state index in [1.807, 2.05) is 38.1 Å². The largest absolute Gasteiger partial charge is 0.494 e. The van der Waals surface area contributed by atoms with Gasteiger partial charge in [0.1, 0.15) is 11.6 Å². The van der Waals surface area contributed by atoms with Crippen molar-refractivity contribution in [1.29, 1.82) is 0 Å². The first kappa shape index (κ1) is 17.4. The molecular weight excluding hydrogens is 316 g/mol. The molecule has 2 aromatic rings. The maximum atomic E-state index is 5.84. The molecule has 1 unspecified atom stereocenters. The van der Waals surface area contributed by atoms with Crippen LogP contribution in [-0.4, -0.2) is 47.1 Å². The lowest BCUT2D eigenvalue weighted by Gasteiger charge is -2.24. The highest BCUT2D eigenvalue weighted by molar-refractivity contribution is 5.33. The fraction of sp³-hybridized carbons (Fsp3) is 0.500. The molecule has 0 spiro atoms. The molecule has 7 heteroatoms. The van der Waals surface area contributed by atoms with Gasteiger partial charge in [0.2, 0.25) is 11.9 Å². The molecule has 1 fully saturated rings. The number of ether oxygens (including phenoxy) is 1. The molecule has 25 heavy (non-hydrogen) atoms. The van der Waals surface area contributed by atoms with Crippen molar-refractivity contribution in [3.8, 4) is 5.75 Å². The summed E-state index contributed by atoms with van der Waals surface area (Å²) in [6.07, 6.45) is 2.30. The minimum Gasteiger partial charge on any atom is -0.494 e. The quantitative estimate of drug-likeness (QED) is 0.862. The molecule has 3 rings (SSSR count). The van der Waals surface area contributed by atoms with Crippen LogP contribution in [0.4, 0.5) is 11.9 Å². The molecule has 1 saturated heterocycles. The second kappa shape index (κ2) is 7.65. The Bertz CT molecular complexity index is 703. The van der Waals surface area contributed by atoms with Gasteiger partial charge in [-0.2, -0.15) is 15.0 Å². The van der Waals surface area contributed by atoms with E-state index in [-0.39, 0.29) is 5.95 Å². The van der Waals surface area contributed by atoms with Gasteiger partial charge in [-0.25, -0.2) is 0 Å². The summed E-state index contributed by atoms with van der Waals surface area (Å²) in [5.41, 5.74) is 7.14. The first-order chi connectivity index (χ1) is 12.1. The van der Waals surface area contributed by atoms with E-state index in [9.17, 15) is 0 Å². The number of rotatable bonds is 6. The van der Waals surface area contributed by atoms with Gasteiger partial charge in [-0.1, -0.05) is 12.1 Å². The third-order valence-corrected chi connectivity index (χ3v) is 4.37. The first-order valence-corrected chi connectivity index (χ1v) is 8.71. The zero-order chi connectivity index (χ0) is 17.8. The summed E-state index contributed by atoms with van der Waals surface area (Å²) in [6.45, 7) is 4.38. The standard InChI is InChI=1S/C18H26N6O/c1-4-25-14-9-7-13(8-10-14)15-6-5-11-24(15)12-16-20-17(19)22-18(21-16)23(2)3/h7-10,15H,4-6,11-12H2,1-3H3,(H2,19,20,21,22). The van der Waals surface area contributed by atoms with Gasteiger partial charge >= 0.3 is 0 Å². The van der Waals surface area contributed by atoms with Gasteiger partial charge < -0.3 is 15.4 Å². The lowest BCUT2D eigenvalue weighted by molar-refractivity contribution is 0.242. The van der Waals surface area contributed by atoms with Crippen molar-refractivity contribution in [3.63, 3.8) is 0 Å². The zero-order valence-corrected chi connectivity index (χ0v) is 15.1. The van der Waals surface area contributed by atoms with E-state index in [0.717, 1.165) is 18.7 Å². The number of anilines is 2. The molecule has 1 aliphatic rings. The van der Waals surface area contributed by atoms with Crippen LogP contribution in [0.3, 0.4) is 0 Å². The van der Waals surface area contributed by atoms with E-state index in [1.165, 1.54) is 12.0 Å². The molecule has 1 aromatic carbocycles. The van der Waals surface area contributed by atoms with Crippen molar-refractivity contribution in [1.82, 2.24) is 19.9 Å². The van der Waals surface area contributed by atoms with Gasteiger partial charge in [0.15, 0.2) is 0 Å². The van der Waals surface area contributed by atoms with Crippen molar-refractivity contribution >= 4 is 11.9 Å². The van der Waals surface area contributed by atoms with E-state index in [0.29, 0.717) is 31.0 Å². The molecule has 0 bridgehead atoms. The third kappa shape index (κ3) is 4.17. The summed E-state index contributed by atoms with van der Waals surface area (Å²) >= 11 is 0. The lowest BCUT2D eigenvalue weighted by Crippen LogP contribution is -2.25. The van der Waals surface area contributed by atoms with Gasteiger partial charge in [0.05, 0.1) is 13.2 Å². The Morgan fingerprint density at radius 1 is 1.20 bits per heavy atom. The zero-order valence-electron chi connectivity index (χ0n) is 15.1. The number of nitrogens with two attached hydrogens (primary N) is 1. The van der Waals surface area contributed by atoms with E-state index >= 15 is 0 Å². The molecule has 0 aliphatic carbocycles. The highest BCUT2D eigenvalue weighted by Gasteiger charge is 2.27. The predicted molar refractivity (Wildman–Crippen MR) is 98.6 cm³/mol. The van der Waals surface area contributed by atoms with Crippen LogP contribution >= 0.6 is 0 Å². The van der Waals surface area contributed by atoms with Crippen molar-refractivity contribution < 1.29 is 4.74 Å². The van der Waals surface area contributed by atoms with Crippen LogP contribution in [0.15, 0.2) is 24.3 Å². The summed E-state index contributed by atoms with van der Waals surface area (Å²) in [6, 6.07) is 8.76. The molecule has 0 radical (unpaired) electrons. The molecule has 1 aliphatic heterocycles.